The highest BCUT2D eigenvalue weighted by Gasteiger charge is 2.23. The number of benzene rings is 2. The molecule has 0 heterocycles. The summed E-state index contributed by atoms with van der Waals surface area (Å²) in [4.78, 5) is 0. The molecule has 0 unspecified atom stereocenters. The highest BCUT2D eigenvalue weighted by Crippen LogP contribution is 2.45. The summed E-state index contributed by atoms with van der Waals surface area (Å²) in [5.74, 6) is 0. The number of hydrogen-bond acceptors (Lipinski definition) is 0. The molecule has 0 saturated heterocycles. The van der Waals surface area contributed by atoms with Crippen molar-refractivity contribution in [3.05, 3.63) is 82.3 Å². The topological polar surface area (TPSA) is 0 Å². The van der Waals surface area contributed by atoms with Crippen LogP contribution in [0.2, 0.25) is 0 Å². The lowest BCUT2D eigenvalue weighted by Gasteiger charge is -2.05. The zero-order valence-corrected chi connectivity index (χ0v) is 10.9. The molecule has 2 aromatic carbocycles. The number of rotatable bonds is 1. The Kier molecular flexibility index (Phi) is 2.49. The molecule has 0 N–H and O–H groups in total. The Bertz CT molecular complexity index is 621. The van der Waals surface area contributed by atoms with Crippen molar-refractivity contribution in [3.8, 4) is 0 Å². The van der Waals surface area contributed by atoms with Crippen molar-refractivity contribution in [1.82, 2.24) is 0 Å². The number of allylic oxidation sites excluding steroid dienone is 2. The summed E-state index contributed by atoms with van der Waals surface area (Å²) in [6.07, 6.45) is 0. The van der Waals surface area contributed by atoms with Gasteiger partial charge in [-0.2, -0.15) is 0 Å². The lowest BCUT2D eigenvalue weighted by atomic mass is 9.99. The number of fused-ring (bicyclic) bond motifs is 1. The Balaban J connectivity index is 2.27. The third-order valence-electron chi connectivity index (χ3n) is 3.07. The third-order valence-corrected chi connectivity index (χ3v) is 3.94. The monoisotopic (exact) mass is 282 g/mol. The van der Waals surface area contributed by atoms with Gasteiger partial charge < -0.3 is 0 Å². The number of hydrogen-bond donors (Lipinski definition) is 0. The van der Waals surface area contributed by atoms with Gasteiger partial charge in [0.15, 0.2) is 0 Å². The Morgan fingerprint density at radius 2 is 1.35 bits per heavy atom. The van der Waals surface area contributed by atoms with Crippen LogP contribution < -0.4 is 0 Å². The standard InChI is InChI=1S/C16H11Br/c1-11-13-9-5-6-10-14(13)15(16(11)17)12-7-3-2-4-8-12/h2-10H,1H2. The molecule has 2 aromatic rings. The molecule has 3 rings (SSSR count). The van der Waals surface area contributed by atoms with Gasteiger partial charge in [0.1, 0.15) is 0 Å². The van der Waals surface area contributed by atoms with Gasteiger partial charge in [-0.25, -0.2) is 0 Å². The van der Waals surface area contributed by atoms with Gasteiger partial charge in [-0.3, -0.25) is 0 Å². The van der Waals surface area contributed by atoms with Crippen LogP contribution in [0, 0.1) is 0 Å². The first kappa shape index (κ1) is 10.5. The first-order chi connectivity index (χ1) is 8.29. The lowest BCUT2D eigenvalue weighted by Crippen LogP contribution is -1.85. The van der Waals surface area contributed by atoms with Crippen LogP contribution in [0.5, 0.6) is 0 Å². The molecule has 0 amide bonds. The van der Waals surface area contributed by atoms with Crippen molar-refractivity contribution in [1.29, 1.82) is 0 Å². The van der Waals surface area contributed by atoms with Crippen LogP contribution >= 0.6 is 15.9 Å². The molecule has 1 aliphatic rings. The maximum atomic E-state index is 4.15. The summed E-state index contributed by atoms with van der Waals surface area (Å²) in [5, 5.41) is 0. The Morgan fingerprint density at radius 1 is 0.765 bits per heavy atom. The zero-order valence-electron chi connectivity index (χ0n) is 9.28. The summed E-state index contributed by atoms with van der Waals surface area (Å²) in [5.41, 5.74) is 6.02. The van der Waals surface area contributed by atoms with E-state index in [1.807, 2.05) is 6.07 Å². The SMILES string of the molecule is C=C1C(Br)=C(c2ccccc2)c2ccccc21. The second kappa shape index (κ2) is 4.01. The van der Waals surface area contributed by atoms with Crippen LogP contribution in [-0.4, -0.2) is 0 Å². The molecule has 0 fully saturated rings. The minimum absolute atomic E-state index is 1.07. The van der Waals surface area contributed by atoms with Crippen molar-refractivity contribution < 1.29 is 0 Å². The van der Waals surface area contributed by atoms with Crippen molar-refractivity contribution >= 4 is 27.1 Å². The Labute approximate surface area is 109 Å². The van der Waals surface area contributed by atoms with E-state index in [1.165, 1.54) is 22.3 Å². The van der Waals surface area contributed by atoms with Gasteiger partial charge in [-0.1, -0.05) is 61.2 Å². The molecule has 17 heavy (non-hydrogen) atoms. The van der Waals surface area contributed by atoms with Crippen LogP contribution in [0.15, 0.2) is 65.7 Å². The van der Waals surface area contributed by atoms with E-state index in [0.717, 1.165) is 10.1 Å². The normalized spacial score (nSPS) is 14.1. The van der Waals surface area contributed by atoms with Crippen LogP contribution in [-0.2, 0) is 0 Å². The molecule has 0 spiro atoms. The molecule has 0 bridgehead atoms. The quantitative estimate of drug-likeness (QED) is 0.700. The molecule has 0 nitrogen and oxygen atoms in total. The van der Waals surface area contributed by atoms with Crippen LogP contribution in [0.25, 0.3) is 11.1 Å². The maximum Gasteiger partial charge on any atom is 0.0332 e. The third kappa shape index (κ3) is 1.58. The van der Waals surface area contributed by atoms with E-state index in [4.69, 9.17) is 0 Å². The minimum atomic E-state index is 1.07. The molecular formula is C16H11Br. The lowest BCUT2D eigenvalue weighted by molar-refractivity contribution is 1.55. The van der Waals surface area contributed by atoms with Crippen molar-refractivity contribution in [3.63, 3.8) is 0 Å². The summed E-state index contributed by atoms with van der Waals surface area (Å²) < 4.78 is 1.10. The fourth-order valence-corrected chi connectivity index (χ4v) is 2.89. The van der Waals surface area contributed by atoms with Gasteiger partial charge in [0, 0.05) is 10.1 Å². The molecule has 1 aliphatic carbocycles. The molecule has 0 aliphatic heterocycles. The highest BCUT2D eigenvalue weighted by atomic mass is 79.9. The average Bonchev–Trinajstić information content (AvgIpc) is 2.64. The molecule has 1 heteroatoms. The van der Waals surface area contributed by atoms with Crippen molar-refractivity contribution in [2.75, 3.05) is 0 Å². The Morgan fingerprint density at radius 3 is 2.06 bits per heavy atom. The second-order valence-corrected chi connectivity index (χ2v) is 4.87. The van der Waals surface area contributed by atoms with Gasteiger partial charge in [0.2, 0.25) is 0 Å². The van der Waals surface area contributed by atoms with Gasteiger partial charge in [-0.15, -0.1) is 0 Å². The molecule has 82 valence electrons. The fraction of sp³-hybridized carbons (Fsp3) is 0. The van der Waals surface area contributed by atoms with E-state index in [1.54, 1.807) is 0 Å². The maximum absolute atomic E-state index is 4.15. The van der Waals surface area contributed by atoms with Gasteiger partial charge >= 0.3 is 0 Å². The van der Waals surface area contributed by atoms with E-state index in [-0.39, 0.29) is 0 Å². The summed E-state index contributed by atoms with van der Waals surface area (Å²) in [6, 6.07) is 18.8. The molecule has 0 aromatic heterocycles. The van der Waals surface area contributed by atoms with Gasteiger partial charge in [0.25, 0.3) is 0 Å². The van der Waals surface area contributed by atoms with Crippen LogP contribution in [0.1, 0.15) is 16.7 Å². The fourth-order valence-electron chi connectivity index (χ4n) is 2.24. The zero-order chi connectivity index (χ0) is 11.8. The smallest absolute Gasteiger partial charge is 0.0332 e. The minimum Gasteiger partial charge on any atom is -0.0900 e. The highest BCUT2D eigenvalue weighted by molar-refractivity contribution is 9.12. The van der Waals surface area contributed by atoms with Gasteiger partial charge in [0.05, 0.1) is 0 Å². The number of halogens is 1. The summed E-state index contributed by atoms with van der Waals surface area (Å²) >= 11 is 3.67. The van der Waals surface area contributed by atoms with E-state index in [0.29, 0.717) is 0 Å². The predicted molar refractivity (Wildman–Crippen MR) is 76.9 cm³/mol. The van der Waals surface area contributed by atoms with Crippen molar-refractivity contribution in [2.45, 2.75) is 0 Å². The van der Waals surface area contributed by atoms with E-state index in [9.17, 15) is 0 Å². The van der Waals surface area contributed by atoms with Crippen molar-refractivity contribution in [2.24, 2.45) is 0 Å². The van der Waals surface area contributed by atoms with E-state index >= 15 is 0 Å². The largest absolute Gasteiger partial charge is 0.0900 e. The first-order valence-electron chi connectivity index (χ1n) is 5.53. The first-order valence-corrected chi connectivity index (χ1v) is 6.32. The summed E-state index contributed by atoms with van der Waals surface area (Å²) in [6.45, 7) is 4.15. The summed E-state index contributed by atoms with van der Waals surface area (Å²) in [7, 11) is 0. The van der Waals surface area contributed by atoms with Crippen LogP contribution in [0.3, 0.4) is 0 Å². The average molecular weight is 283 g/mol. The molecular weight excluding hydrogens is 272 g/mol. The molecule has 0 radical (unpaired) electrons. The van der Waals surface area contributed by atoms with E-state index in [2.05, 4.69) is 71.0 Å². The Hall–Kier alpha value is -1.60. The second-order valence-electron chi connectivity index (χ2n) is 4.08. The predicted octanol–water partition coefficient (Wildman–Crippen LogP) is 4.87. The molecule has 0 saturated carbocycles. The van der Waals surface area contributed by atoms with Crippen LogP contribution in [0.4, 0.5) is 0 Å². The van der Waals surface area contributed by atoms with E-state index < -0.39 is 0 Å². The van der Waals surface area contributed by atoms with Gasteiger partial charge in [-0.05, 0) is 38.2 Å². The molecule has 0 atom stereocenters.